The van der Waals surface area contributed by atoms with Crippen LogP contribution in [0.15, 0.2) is 12.7 Å². The summed E-state index contributed by atoms with van der Waals surface area (Å²) in [6.07, 6.45) is 4.30. The van der Waals surface area contributed by atoms with Gasteiger partial charge in [0.25, 0.3) is 0 Å². The first kappa shape index (κ1) is 23.8. The van der Waals surface area contributed by atoms with Crippen molar-refractivity contribution in [3.05, 3.63) is 12.7 Å². The zero-order chi connectivity index (χ0) is 21.2. The molecule has 0 aromatic heterocycles. The smallest absolute Gasteiger partial charge is 0.191 e. The second-order valence-corrected chi connectivity index (χ2v) is 14.4. The average molecular weight is 411 g/mol. The Kier molecular flexibility index (Phi) is 7.39. The molecule has 28 heavy (non-hydrogen) atoms. The lowest BCUT2D eigenvalue weighted by Gasteiger charge is -2.58. The van der Waals surface area contributed by atoms with Crippen LogP contribution in [0.5, 0.6) is 0 Å². The van der Waals surface area contributed by atoms with Gasteiger partial charge in [0.1, 0.15) is 12.6 Å². The number of Topliss-reactive ketones (excluding diaryl/α,β-unsaturated/α-hetero) is 1. The standard InChI is InChI=1S/C23H42O4Si/c1-9-21(5)15-19(24)23(7)20(26-17-25-8)13-14-22(23,6)18(21)16-27-28(10-2,11-3)12-4/h9,18,20H,1,10-17H2,2-8H3/t18-,20-,21+,22-,23-/m0/s1. The van der Waals surface area contributed by atoms with E-state index in [2.05, 4.69) is 48.1 Å². The lowest BCUT2D eigenvalue weighted by atomic mass is 9.46. The maximum Gasteiger partial charge on any atom is 0.191 e. The summed E-state index contributed by atoms with van der Waals surface area (Å²) >= 11 is 0. The molecule has 0 unspecified atom stereocenters. The molecule has 0 bridgehead atoms. The van der Waals surface area contributed by atoms with Crippen LogP contribution in [0.3, 0.4) is 0 Å². The van der Waals surface area contributed by atoms with Crippen molar-refractivity contribution in [2.75, 3.05) is 20.5 Å². The highest BCUT2D eigenvalue weighted by atomic mass is 28.4. The second-order valence-electron chi connectivity index (χ2n) is 9.64. The van der Waals surface area contributed by atoms with Crippen LogP contribution in [0.1, 0.15) is 60.8 Å². The molecule has 4 nitrogen and oxygen atoms in total. The van der Waals surface area contributed by atoms with E-state index in [1.807, 2.05) is 6.08 Å². The molecule has 2 rings (SSSR count). The molecule has 162 valence electrons. The van der Waals surface area contributed by atoms with Crippen LogP contribution in [-0.2, 0) is 18.7 Å². The fraction of sp³-hybridized carbons (Fsp3) is 0.870. The number of rotatable bonds is 10. The van der Waals surface area contributed by atoms with Crippen LogP contribution in [0.25, 0.3) is 0 Å². The SMILES string of the molecule is C=C[C@]1(C)CC(=O)[C@@]2(C)[C@@H](OCOC)CC[C@@]2(C)[C@H]1CO[Si](CC)(CC)CC. The Labute approximate surface area is 173 Å². The molecular weight excluding hydrogens is 368 g/mol. The van der Waals surface area contributed by atoms with E-state index in [1.54, 1.807) is 7.11 Å². The number of hydrogen-bond acceptors (Lipinski definition) is 4. The Morgan fingerprint density at radius 2 is 1.79 bits per heavy atom. The van der Waals surface area contributed by atoms with Crippen molar-refractivity contribution in [3.8, 4) is 0 Å². The summed E-state index contributed by atoms with van der Waals surface area (Å²) in [5.41, 5.74) is -0.910. The Hall–Kier alpha value is -0.493. The highest BCUT2D eigenvalue weighted by molar-refractivity contribution is 6.73. The number of ketones is 1. The molecular formula is C23H42O4Si. The van der Waals surface area contributed by atoms with Crippen LogP contribution >= 0.6 is 0 Å². The van der Waals surface area contributed by atoms with Gasteiger partial charge >= 0.3 is 0 Å². The van der Waals surface area contributed by atoms with Crippen molar-refractivity contribution in [2.45, 2.75) is 85.0 Å². The predicted molar refractivity (Wildman–Crippen MR) is 117 cm³/mol. The molecule has 0 amide bonds. The quantitative estimate of drug-likeness (QED) is 0.268. The van der Waals surface area contributed by atoms with Crippen LogP contribution in [0.4, 0.5) is 0 Å². The van der Waals surface area contributed by atoms with Crippen molar-refractivity contribution in [2.24, 2.45) is 22.2 Å². The van der Waals surface area contributed by atoms with Gasteiger partial charge in [0.15, 0.2) is 8.32 Å². The van der Waals surface area contributed by atoms with E-state index in [0.717, 1.165) is 37.6 Å². The molecule has 0 radical (unpaired) electrons. The number of hydrogen-bond donors (Lipinski definition) is 0. The van der Waals surface area contributed by atoms with Crippen molar-refractivity contribution in [1.82, 2.24) is 0 Å². The van der Waals surface area contributed by atoms with E-state index in [9.17, 15) is 4.79 Å². The van der Waals surface area contributed by atoms with E-state index in [-0.39, 0.29) is 29.6 Å². The summed E-state index contributed by atoms with van der Waals surface area (Å²) in [7, 11) is -0.0693. The van der Waals surface area contributed by atoms with E-state index >= 15 is 0 Å². The third-order valence-electron chi connectivity index (χ3n) is 8.78. The van der Waals surface area contributed by atoms with Crippen LogP contribution < -0.4 is 0 Å². The number of allylic oxidation sites excluding steroid dienone is 1. The first-order valence-electron chi connectivity index (χ1n) is 11.0. The molecule has 0 saturated heterocycles. The number of ether oxygens (including phenoxy) is 2. The second kappa shape index (κ2) is 8.71. The van der Waals surface area contributed by atoms with Gasteiger partial charge < -0.3 is 13.9 Å². The molecule has 2 fully saturated rings. The summed E-state index contributed by atoms with van der Waals surface area (Å²) < 4.78 is 18.0. The first-order valence-corrected chi connectivity index (χ1v) is 13.6. The third kappa shape index (κ3) is 3.57. The minimum atomic E-state index is -1.70. The van der Waals surface area contributed by atoms with Gasteiger partial charge in [0.2, 0.25) is 0 Å². The zero-order valence-corrected chi connectivity index (χ0v) is 20.2. The van der Waals surface area contributed by atoms with Crippen molar-refractivity contribution in [1.29, 1.82) is 0 Å². The number of carbonyl (C=O) groups excluding carboxylic acids is 1. The van der Waals surface area contributed by atoms with Crippen LogP contribution in [0, 0.1) is 22.2 Å². The monoisotopic (exact) mass is 410 g/mol. The molecule has 5 heteroatoms. The van der Waals surface area contributed by atoms with E-state index in [1.165, 1.54) is 0 Å². The molecule has 2 aliphatic carbocycles. The van der Waals surface area contributed by atoms with Crippen molar-refractivity contribution in [3.63, 3.8) is 0 Å². The van der Waals surface area contributed by atoms with Gasteiger partial charge in [-0.1, -0.05) is 40.7 Å². The summed E-state index contributed by atoms with van der Waals surface area (Å²) in [5, 5.41) is 0. The molecule has 0 N–H and O–H groups in total. The molecule has 0 spiro atoms. The topological polar surface area (TPSA) is 44.8 Å². The highest BCUT2D eigenvalue weighted by Gasteiger charge is 2.68. The number of fused-ring (bicyclic) bond motifs is 1. The minimum Gasteiger partial charge on any atom is -0.416 e. The number of methoxy groups -OCH3 is 1. The fourth-order valence-electron chi connectivity index (χ4n) is 6.07. The summed E-state index contributed by atoms with van der Waals surface area (Å²) in [6, 6.07) is 3.43. The van der Waals surface area contributed by atoms with E-state index in [0.29, 0.717) is 12.2 Å². The van der Waals surface area contributed by atoms with Gasteiger partial charge in [-0.25, -0.2) is 0 Å². The largest absolute Gasteiger partial charge is 0.416 e. The first-order chi connectivity index (χ1) is 13.1. The normalized spacial score (nSPS) is 38.5. The van der Waals surface area contributed by atoms with Gasteiger partial charge in [-0.05, 0) is 54.6 Å². The maximum absolute atomic E-state index is 13.5. The average Bonchev–Trinajstić information content (AvgIpc) is 2.96. The Balaban J connectivity index is 2.41. The summed E-state index contributed by atoms with van der Waals surface area (Å²) in [4.78, 5) is 13.5. The van der Waals surface area contributed by atoms with Gasteiger partial charge in [-0.3, -0.25) is 4.79 Å². The number of carbonyl (C=O) groups is 1. The third-order valence-corrected chi connectivity index (χ3v) is 13.4. The van der Waals surface area contributed by atoms with E-state index < -0.39 is 13.7 Å². The van der Waals surface area contributed by atoms with Gasteiger partial charge in [-0.15, -0.1) is 6.58 Å². The molecule has 2 aliphatic rings. The Bertz CT molecular complexity index is 567. The molecule has 0 heterocycles. The molecule has 0 aromatic carbocycles. The molecule has 0 aromatic rings. The van der Waals surface area contributed by atoms with Crippen molar-refractivity contribution < 1.29 is 18.7 Å². The van der Waals surface area contributed by atoms with Crippen LogP contribution in [-0.4, -0.2) is 40.7 Å². The van der Waals surface area contributed by atoms with Gasteiger partial charge in [-0.2, -0.15) is 0 Å². The summed E-state index contributed by atoms with van der Waals surface area (Å²) in [5.74, 6) is 0.560. The maximum atomic E-state index is 13.5. The molecule has 0 aliphatic heterocycles. The van der Waals surface area contributed by atoms with Crippen LogP contribution in [0.2, 0.25) is 18.1 Å². The summed E-state index contributed by atoms with van der Waals surface area (Å²) in [6.45, 7) is 18.5. The van der Waals surface area contributed by atoms with Gasteiger partial charge in [0.05, 0.1) is 11.5 Å². The lowest BCUT2D eigenvalue weighted by Crippen LogP contribution is -2.61. The predicted octanol–water partition coefficient (Wildman–Crippen LogP) is 5.59. The minimum absolute atomic E-state index is 0.0904. The lowest BCUT2D eigenvalue weighted by molar-refractivity contribution is -0.178. The Morgan fingerprint density at radius 1 is 1.18 bits per heavy atom. The van der Waals surface area contributed by atoms with E-state index in [4.69, 9.17) is 13.9 Å². The van der Waals surface area contributed by atoms with Gasteiger partial charge in [0, 0.05) is 20.1 Å². The highest BCUT2D eigenvalue weighted by Crippen LogP contribution is 2.66. The zero-order valence-electron chi connectivity index (χ0n) is 19.2. The fourth-order valence-corrected chi connectivity index (χ4v) is 8.70. The Morgan fingerprint density at radius 3 is 2.29 bits per heavy atom. The molecule has 2 saturated carbocycles. The molecule has 5 atom stereocenters. The van der Waals surface area contributed by atoms with Crippen molar-refractivity contribution >= 4 is 14.1 Å².